The van der Waals surface area contributed by atoms with Gasteiger partial charge in [-0.15, -0.1) is 0 Å². The van der Waals surface area contributed by atoms with Crippen LogP contribution in [0.4, 0.5) is 11.6 Å². The number of aromatic nitrogens is 2. The molecule has 1 aromatic heterocycles. The Morgan fingerprint density at radius 3 is 2.45 bits per heavy atom. The van der Waals surface area contributed by atoms with Gasteiger partial charge in [0.25, 0.3) is 0 Å². The van der Waals surface area contributed by atoms with Crippen LogP contribution in [0.15, 0.2) is 42.7 Å². The Bertz CT molecular complexity index is 513. The molecular weight excluding hydrogens is 248 g/mol. The third-order valence-electron chi connectivity index (χ3n) is 3.15. The molecule has 2 N–H and O–H groups in total. The van der Waals surface area contributed by atoms with Crippen LogP contribution in [0.25, 0.3) is 0 Å². The summed E-state index contributed by atoms with van der Waals surface area (Å²) in [6.07, 6.45) is 4.58. The van der Waals surface area contributed by atoms with E-state index in [9.17, 15) is 0 Å². The maximum Gasteiger partial charge on any atom is 0.146 e. The Balaban J connectivity index is 1.90. The predicted octanol–water partition coefficient (Wildman–Crippen LogP) is 3.51. The second-order valence-electron chi connectivity index (χ2n) is 4.91. The third kappa shape index (κ3) is 4.23. The van der Waals surface area contributed by atoms with Crippen LogP contribution in [0, 0.1) is 0 Å². The van der Waals surface area contributed by atoms with E-state index in [1.807, 2.05) is 6.07 Å². The summed E-state index contributed by atoms with van der Waals surface area (Å²) in [5.41, 5.74) is 1.33. The van der Waals surface area contributed by atoms with Crippen molar-refractivity contribution < 1.29 is 0 Å². The van der Waals surface area contributed by atoms with Gasteiger partial charge in [-0.25, -0.2) is 4.98 Å². The van der Waals surface area contributed by atoms with Crippen molar-refractivity contribution in [2.24, 2.45) is 0 Å². The van der Waals surface area contributed by atoms with Crippen LogP contribution in [0.1, 0.15) is 31.7 Å². The molecule has 0 spiro atoms. The molecule has 0 radical (unpaired) electrons. The van der Waals surface area contributed by atoms with E-state index in [1.165, 1.54) is 5.56 Å². The topological polar surface area (TPSA) is 49.8 Å². The van der Waals surface area contributed by atoms with Gasteiger partial charge in [0.15, 0.2) is 0 Å². The van der Waals surface area contributed by atoms with Crippen LogP contribution in [-0.4, -0.2) is 23.1 Å². The number of rotatable bonds is 7. The van der Waals surface area contributed by atoms with Gasteiger partial charge in [0.05, 0.1) is 12.4 Å². The maximum atomic E-state index is 4.49. The van der Waals surface area contributed by atoms with Crippen molar-refractivity contribution in [3.05, 3.63) is 48.3 Å². The molecular formula is C16H22N4. The summed E-state index contributed by atoms with van der Waals surface area (Å²) in [6.45, 7) is 6.09. The van der Waals surface area contributed by atoms with Crippen molar-refractivity contribution >= 4 is 11.6 Å². The predicted molar refractivity (Wildman–Crippen MR) is 84.2 cm³/mol. The molecule has 0 aliphatic heterocycles. The average Bonchev–Trinajstić information content (AvgIpc) is 2.52. The Morgan fingerprint density at radius 1 is 1.05 bits per heavy atom. The van der Waals surface area contributed by atoms with Crippen LogP contribution in [0.5, 0.6) is 0 Å². The van der Waals surface area contributed by atoms with Gasteiger partial charge in [0.1, 0.15) is 11.6 Å². The zero-order valence-corrected chi connectivity index (χ0v) is 12.1. The Labute approximate surface area is 120 Å². The lowest BCUT2D eigenvalue weighted by Crippen LogP contribution is -2.12. The molecule has 2 rings (SSSR count). The fourth-order valence-corrected chi connectivity index (χ4v) is 1.95. The molecule has 4 heteroatoms. The number of hydrogen-bond acceptors (Lipinski definition) is 4. The molecule has 0 fully saturated rings. The zero-order valence-electron chi connectivity index (χ0n) is 12.1. The Kier molecular flexibility index (Phi) is 5.35. The first-order valence-corrected chi connectivity index (χ1v) is 7.14. The monoisotopic (exact) mass is 270 g/mol. The molecule has 2 aromatic rings. The SMILES string of the molecule is CCCNc1cncc(NCC(C)c2ccccc2)n1. The lowest BCUT2D eigenvalue weighted by Gasteiger charge is -2.14. The van der Waals surface area contributed by atoms with Gasteiger partial charge in [-0.3, -0.25) is 4.98 Å². The van der Waals surface area contributed by atoms with Crippen LogP contribution in [0.2, 0.25) is 0 Å². The minimum atomic E-state index is 0.435. The highest BCUT2D eigenvalue weighted by Crippen LogP contribution is 2.15. The molecule has 1 heterocycles. The number of hydrogen-bond donors (Lipinski definition) is 2. The minimum absolute atomic E-state index is 0.435. The molecule has 1 atom stereocenters. The molecule has 0 aliphatic carbocycles. The fourth-order valence-electron chi connectivity index (χ4n) is 1.95. The molecule has 20 heavy (non-hydrogen) atoms. The molecule has 1 aromatic carbocycles. The molecule has 106 valence electrons. The lowest BCUT2D eigenvalue weighted by atomic mass is 10.0. The van der Waals surface area contributed by atoms with Crippen molar-refractivity contribution in [2.45, 2.75) is 26.2 Å². The molecule has 0 bridgehead atoms. The van der Waals surface area contributed by atoms with Gasteiger partial charge in [-0.05, 0) is 17.9 Å². The summed E-state index contributed by atoms with van der Waals surface area (Å²) in [7, 11) is 0. The van der Waals surface area contributed by atoms with Gasteiger partial charge >= 0.3 is 0 Å². The van der Waals surface area contributed by atoms with Gasteiger partial charge in [-0.1, -0.05) is 44.2 Å². The highest BCUT2D eigenvalue weighted by atomic mass is 15.1. The van der Waals surface area contributed by atoms with E-state index >= 15 is 0 Å². The largest absolute Gasteiger partial charge is 0.369 e. The fraction of sp³-hybridized carbons (Fsp3) is 0.375. The zero-order chi connectivity index (χ0) is 14.2. The van der Waals surface area contributed by atoms with E-state index in [0.29, 0.717) is 5.92 Å². The van der Waals surface area contributed by atoms with E-state index in [0.717, 1.165) is 31.1 Å². The lowest BCUT2D eigenvalue weighted by molar-refractivity contribution is 0.800. The minimum Gasteiger partial charge on any atom is -0.369 e. The molecule has 1 unspecified atom stereocenters. The molecule has 0 saturated heterocycles. The highest BCUT2D eigenvalue weighted by molar-refractivity contribution is 5.41. The van der Waals surface area contributed by atoms with Gasteiger partial charge in [-0.2, -0.15) is 0 Å². The van der Waals surface area contributed by atoms with Crippen molar-refractivity contribution in [1.29, 1.82) is 0 Å². The number of anilines is 2. The van der Waals surface area contributed by atoms with E-state index in [2.05, 4.69) is 58.7 Å². The molecule has 0 amide bonds. The first-order valence-electron chi connectivity index (χ1n) is 7.14. The summed E-state index contributed by atoms with van der Waals surface area (Å²) >= 11 is 0. The summed E-state index contributed by atoms with van der Waals surface area (Å²) in [5, 5.41) is 6.59. The van der Waals surface area contributed by atoms with Crippen LogP contribution < -0.4 is 10.6 Å². The molecule has 0 saturated carbocycles. The highest BCUT2D eigenvalue weighted by Gasteiger charge is 2.05. The second-order valence-corrected chi connectivity index (χ2v) is 4.91. The first kappa shape index (κ1) is 14.3. The Hall–Kier alpha value is -2.10. The number of nitrogens with one attached hydrogen (secondary N) is 2. The van der Waals surface area contributed by atoms with Crippen LogP contribution in [0.3, 0.4) is 0 Å². The quantitative estimate of drug-likeness (QED) is 0.808. The second kappa shape index (κ2) is 7.48. The van der Waals surface area contributed by atoms with Gasteiger partial charge in [0.2, 0.25) is 0 Å². The van der Waals surface area contributed by atoms with Crippen LogP contribution in [-0.2, 0) is 0 Å². The summed E-state index contributed by atoms with van der Waals surface area (Å²) < 4.78 is 0. The van der Waals surface area contributed by atoms with Crippen LogP contribution >= 0.6 is 0 Å². The van der Waals surface area contributed by atoms with Crippen molar-refractivity contribution in [3.8, 4) is 0 Å². The Morgan fingerprint density at radius 2 is 1.75 bits per heavy atom. The summed E-state index contributed by atoms with van der Waals surface area (Å²) in [4.78, 5) is 8.69. The molecule has 0 aliphatic rings. The van der Waals surface area contributed by atoms with Crippen molar-refractivity contribution in [1.82, 2.24) is 9.97 Å². The first-order chi connectivity index (χ1) is 9.79. The van der Waals surface area contributed by atoms with E-state index in [-0.39, 0.29) is 0 Å². The van der Waals surface area contributed by atoms with Gasteiger partial charge < -0.3 is 10.6 Å². The summed E-state index contributed by atoms with van der Waals surface area (Å²) in [5.74, 6) is 2.07. The van der Waals surface area contributed by atoms with E-state index in [4.69, 9.17) is 0 Å². The van der Waals surface area contributed by atoms with Gasteiger partial charge in [0, 0.05) is 13.1 Å². The molecule has 4 nitrogen and oxygen atoms in total. The normalized spacial score (nSPS) is 11.9. The third-order valence-corrected chi connectivity index (χ3v) is 3.15. The standard InChI is InChI=1S/C16H22N4/c1-3-9-18-15-11-17-12-16(20-15)19-10-13(2)14-7-5-4-6-8-14/h4-8,11-13H,3,9-10H2,1-2H3,(H2,18,19,20). The maximum absolute atomic E-state index is 4.49. The van der Waals surface area contributed by atoms with E-state index < -0.39 is 0 Å². The number of benzene rings is 1. The average molecular weight is 270 g/mol. The van der Waals surface area contributed by atoms with E-state index in [1.54, 1.807) is 12.4 Å². The summed E-state index contributed by atoms with van der Waals surface area (Å²) in [6, 6.07) is 10.5. The van der Waals surface area contributed by atoms with Crippen molar-refractivity contribution in [2.75, 3.05) is 23.7 Å². The number of nitrogens with zero attached hydrogens (tertiary/aromatic N) is 2. The van der Waals surface area contributed by atoms with Crippen molar-refractivity contribution in [3.63, 3.8) is 0 Å². The smallest absolute Gasteiger partial charge is 0.146 e.